The summed E-state index contributed by atoms with van der Waals surface area (Å²) in [4.78, 5) is 12.7. The zero-order valence-electron chi connectivity index (χ0n) is 11.3. The maximum absolute atomic E-state index is 10.8. The van der Waals surface area contributed by atoms with Crippen molar-refractivity contribution >= 4 is 11.4 Å². The fourth-order valence-electron chi connectivity index (χ4n) is 2.30. The molecule has 0 atom stereocenters. The summed E-state index contributed by atoms with van der Waals surface area (Å²) in [6, 6.07) is 4.97. The zero-order chi connectivity index (χ0) is 13.8. The van der Waals surface area contributed by atoms with E-state index in [1.54, 1.807) is 13.2 Å². The largest absolute Gasteiger partial charge is 0.495 e. The topological polar surface area (TPSA) is 67.6 Å². The fourth-order valence-corrected chi connectivity index (χ4v) is 2.30. The molecule has 0 spiro atoms. The molecule has 1 heterocycles. The van der Waals surface area contributed by atoms with Crippen LogP contribution in [0.4, 0.5) is 11.4 Å². The van der Waals surface area contributed by atoms with Gasteiger partial charge in [-0.1, -0.05) is 0 Å². The lowest BCUT2D eigenvalue weighted by Gasteiger charge is -2.30. The van der Waals surface area contributed by atoms with E-state index < -0.39 is 0 Å². The summed E-state index contributed by atoms with van der Waals surface area (Å²) in [5.74, 6) is 0.643. The Hall–Kier alpha value is -1.82. The van der Waals surface area contributed by atoms with Crippen LogP contribution in [-0.4, -0.2) is 43.1 Å². The van der Waals surface area contributed by atoms with Gasteiger partial charge in [-0.2, -0.15) is 0 Å². The van der Waals surface area contributed by atoms with Crippen molar-refractivity contribution in [3.05, 3.63) is 28.3 Å². The minimum absolute atomic E-state index is 0.0798. The van der Waals surface area contributed by atoms with Crippen LogP contribution in [0.25, 0.3) is 0 Å². The molecule has 104 valence electrons. The Morgan fingerprint density at radius 1 is 1.42 bits per heavy atom. The van der Waals surface area contributed by atoms with E-state index in [0.29, 0.717) is 17.5 Å². The molecule has 0 amide bonds. The Morgan fingerprint density at radius 2 is 2.11 bits per heavy atom. The normalized spacial score (nSPS) is 17.2. The van der Waals surface area contributed by atoms with Crippen LogP contribution in [0.5, 0.6) is 5.75 Å². The lowest BCUT2D eigenvalue weighted by atomic mass is 10.0. The quantitative estimate of drug-likeness (QED) is 0.667. The Morgan fingerprint density at radius 3 is 2.68 bits per heavy atom. The van der Waals surface area contributed by atoms with Crippen molar-refractivity contribution in [1.29, 1.82) is 0 Å². The van der Waals surface area contributed by atoms with Gasteiger partial charge in [-0.15, -0.1) is 0 Å². The van der Waals surface area contributed by atoms with Gasteiger partial charge in [-0.25, -0.2) is 0 Å². The monoisotopic (exact) mass is 265 g/mol. The Balaban J connectivity index is 2.13. The van der Waals surface area contributed by atoms with Gasteiger partial charge >= 0.3 is 0 Å². The molecule has 1 N–H and O–H groups in total. The van der Waals surface area contributed by atoms with E-state index in [2.05, 4.69) is 17.3 Å². The zero-order valence-corrected chi connectivity index (χ0v) is 11.3. The van der Waals surface area contributed by atoms with Crippen molar-refractivity contribution in [1.82, 2.24) is 4.90 Å². The number of hydrogen-bond acceptors (Lipinski definition) is 5. The van der Waals surface area contributed by atoms with E-state index in [1.807, 2.05) is 0 Å². The molecule has 1 aromatic carbocycles. The standard InChI is InChI=1S/C13H19N3O3/c1-15-7-5-10(6-8-15)14-12-9-11(16(17)18)3-4-13(12)19-2/h3-4,9-10,14H,5-8H2,1-2H3. The van der Waals surface area contributed by atoms with E-state index in [0.717, 1.165) is 25.9 Å². The first-order valence-corrected chi connectivity index (χ1v) is 6.37. The number of benzene rings is 1. The number of piperidine rings is 1. The molecule has 6 heteroatoms. The van der Waals surface area contributed by atoms with Gasteiger partial charge in [0.15, 0.2) is 0 Å². The molecule has 1 aromatic rings. The minimum Gasteiger partial charge on any atom is -0.495 e. The van der Waals surface area contributed by atoms with Crippen LogP contribution in [0.1, 0.15) is 12.8 Å². The van der Waals surface area contributed by atoms with Crippen LogP contribution in [0.3, 0.4) is 0 Å². The molecule has 1 aliphatic heterocycles. The molecule has 1 fully saturated rings. The van der Waals surface area contributed by atoms with E-state index in [4.69, 9.17) is 4.74 Å². The highest BCUT2D eigenvalue weighted by atomic mass is 16.6. The van der Waals surface area contributed by atoms with Crippen LogP contribution in [0, 0.1) is 10.1 Å². The van der Waals surface area contributed by atoms with Crippen molar-refractivity contribution in [2.45, 2.75) is 18.9 Å². The summed E-state index contributed by atoms with van der Waals surface area (Å²) in [5.41, 5.74) is 0.780. The third-order valence-corrected chi connectivity index (χ3v) is 3.47. The molecular weight excluding hydrogens is 246 g/mol. The number of hydrogen-bond donors (Lipinski definition) is 1. The first-order chi connectivity index (χ1) is 9.10. The van der Waals surface area contributed by atoms with Crippen molar-refractivity contribution in [3.63, 3.8) is 0 Å². The summed E-state index contributed by atoms with van der Waals surface area (Å²) in [6.45, 7) is 2.07. The molecule has 19 heavy (non-hydrogen) atoms. The second-order valence-corrected chi connectivity index (χ2v) is 4.86. The first kappa shape index (κ1) is 13.6. The van der Waals surface area contributed by atoms with Crippen LogP contribution in [0.2, 0.25) is 0 Å². The summed E-state index contributed by atoms with van der Waals surface area (Å²) in [7, 11) is 3.67. The molecule has 0 unspecified atom stereocenters. The molecule has 1 saturated heterocycles. The number of rotatable bonds is 4. The average Bonchev–Trinajstić information content (AvgIpc) is 2.41. The molecule has 0 radical (unpaired) electrons. The highest BCUT2D eigenvalue weighted by Gasteiger charge is 2.19. The van der Waals surface area contributed by atoms with E-state index in [-0.39, 0.29) is 10.6 Å². The third-order valence-electron chi connectivity index (χ3n) is 3.47. The Bertz CT molecular complexity index is 456. The number of nitrogens with one attached hydrogen (secondary N) is 1. The predicted molar refractivity (Wildman–Crippen MR) is 73.8 cm³/mol. The maximum atomic E-state index is 10.8. The van der Waals surface area contributed by atoms with Crippen molar-refractivity contribution < 1.29 is 9.66 Å². The number of nitrogens with zero attached hydrogens (tertiary/aromatic N) is 2. The smallest absolute Gasteiger partial charge is 0.271 e. The van der Waals surface area contributed by atoms with E-state index >= 15 is 0 Å². The van der Waals surface area contributed by atoms with Gasteiger partial charge < -0.3 is 15.0 Å². The number of ether oxygens (including phenoxy) is 1. The summed E-state index contributed by atoms with van der Waals surface area (Å²) in [6.07, 6.45) is 2.06. The van der Waals surface area contributed by atoms with Crippen molar-refractivity contribution in [3.8, 4) is 5.75 Å². The molecule has 0 aliphatic carbocycles. The lowest BCUT2D eigenvalue weighted by Crippen LogP contribution is -2.36. The van der Waals surface area contributed by atoms with Crippen LogP contribution in [-0.2, 0) is 0 Å². The number of anilines is 1. The van der Waals surface area contributed by atoms with Crippen LogP contribution in [0.15, 0.2) is 18.2 Å². The molecule has 1 aliphatic rings. The molecule has 0 saturated carbocycles. The van der Waals surface area contributed by atoms with Gasteiger partial charge in [0, 0.05) is 18.2 Å². The van der Waals surface area contributed by atoms with E-state index in [9.17, 15) is 10.1 Å². The minimum atomic E-state index is -0.390. The highest BCUT2D eigenvalue weighted by molar-refractivity contribution is 5.62. The Labute approximate surface area is 112 Å². The van der Waals surface area contributed by atoms with Gasteiger partial charge in [0.05, 0.1) is 17.7 Å². The number of likely N-dealkylation sites (tertiary alicyclic amines) is 1. The summed E-state index contributed by atoms with van der Waals surface area (Å²) < 4.78 is 5.25. The van der Waals surface area contributed by atoms with Gasteiger partial charge in [0.1, 0.15) is 5.75 Å². The molecule has 0 bridgehead atoms. The van der Waals surface area contributed by atoms with Gasteiger partial charge in [-0.3, -0.25) is 10.1 Å². The number of nitro groups is 1. The third kappa shape index (κ3) is 3.35. The fraction of sp³-hybridized carbons (Fsp3) is 0.538. The molecule has 0 aromatic heterocycles. The van der Waals surface area contributed by atoms with Crippen molar-refractivity contribution in [2.75, 3.05) is 32.6 Å². The number of methoxy groups -OCH3 is 1. The van der Waals surface area contributed by atoms with Gasteiger partial charge in [0.2, 0.25) is 0 Å². The summed E-state index contributed by atoms with van der Waals surface area (Å²) in [5, 5.41) is 14.2. The SMILES string of the molecule is COc1ccc([N+](=O)[O-])cc1NC1CCN(C)CC1. The highest BCUT2D eigenvalue weighted by Crippen LogP contribution is 2.30. The number of nitro benzene ring substituents is 1. The summed E-state index contributed by atoms with van der Waals surface area (Å²) >= 11 is 0. The van der Waals surface area contributed by atoms with Crippen LogP contribution < -0.4 is 10.1 Å². The van der Waals surface area contributed by atoms with Crippen molar-refractivity contribution in [2.24, 2.45) is 0 Å². The Kier molecular flexibility index (Phi) is 4.21. The first-order valence-electron chi connectivity index (χ1n) is 6.37. The molecule has 2 rings (SSSR count). The number of non-ortho nitro benzene ring substituents is 1. The average molecular weight is 265 g/mol. The molecular formula is C13H19N3O3. The predicted octanol–water partition coefficient (Wildman–Crippen LogP) is 2.11. The maximum Gasteiger partial charge on any atom is 0.271 e. The van der Waals surface area contributed by atoms with E-state index in [1.165, 1.54) is 12.1 Å². The lowest BCUT2D eigenvalue weighted by molar-refractivity contribution is -0.384. The second kappa shape index (κ2) is 5.88. The molecule has 6 nitrogen and oxygen atoms in total. The second-order valence-electron chi connectivity index (χ2n) is 4.86. The van der Waals surface area contributed by atoms with Gasteiger partial charge in [-0.05, 0) is 39.0 Å². The van der Waals surface area contributed by atoms with Gasteiger partial charge in [0.25, 0.3) is 5.69 Å². The van der Waals surface area contributed by atoms with Crippen LogP contribution >= 0.6 is 0 Å².